The number of nitrogen functional groups attached to an aromatic ring is 1. The van der Waals surface area contributed by atoms with Gasteiger partial charge in [0.15, 0.2) is 11.5 Å². The molecule has 11 heteroatoms. The second-order valence-electron chi connectivity index (χ2n) is 12.8. The molecule has 1 aromatic heterocycles. The van der Waals surface area contributed by atoms with E-state index in [1.807, 2.05) is 30.3 Å². The summed E-state index contributed by atoms with van der Waals surface area (Å²) in [7, 11) is 0. The van der Waals surface area contributed by atoms with E-state index in [0.29, 0.717) is 43.0 Å². The molecule has 0 aliphatic carbocycles. The Balaban J connectivity index is 1.24. The normalized spacial score (nSPS) is 20.4. The molecule has 0 radical (unpaired) electrons. The van der Waals surface area contributed by atoms with Crippen molar-refractivity contribution in [3.63, 3.8) is 0 Å². The highest BCUT2D eigenvalue weighted by Crippen LogP contribution is 2.44. The number of aromatic nitrogens is 2. The maximum atomic E-state index is 13.4. The first-order valence-electron chi connectivity index (χ1n) is 15.1. The number of hydrogen-bond acceptors (Lipinski definition) is 7. The molecule has 232 valence electrons. The number of likely N-dealkylation sites (tertiary alicyclic amines) is 2. The lowest BCUT2D eigenvalue weighted by molar-refractivity contribution is 0.00728. The molecule has 2 atom stereocenters. The van der Waals surface area contributed by atoms with Gasteiger partial charge in [-0.2, -0.15) is 0 Å². The first kappa shape index (κ1) is 30.9. The van der Waals surface area contributed by atoms with Crippen LogP contribution in [0.4, 0.5) is 10.6 Å². The van der Waals surface area contributed by atoms with Crippen LogP contribution < -0.4 is 16.4 Å². The van der Waals surface area contributed by atoms with Crippen molar-refractivity contribution in [3.8, 4) is 11.3 Å². The van der Waals surface area contributed by atoms with Crippen LogP contribution in [0.5, 0.6) is 0 Å². The molecule has 5 rings (SSSR count). The maximum Gasteiger partial charge on any atom is 0.407 e. The Hall–Kier alpha value is -4.51. The molecule has 11 nitrogen and oxygen atoms in total. The zero-order valence-electron chi connectivity index (χ0n) is 25.5. The van der Waals surface area contributed by atoms with Gasteiger partial charge in [-0.3, -0.25) is 14.5 Å². The zero-order chi connectivity index (χ0) is 31.5. The number of nitrogens with one attached hydrogen (secondary N) is 2. The van der Waals surface area contributed by atoms with Gasteiger partial charge >= 0.3 is 6.09 Å². The van der Waals surface area contributed by atoms with E-state index in [1.54, 1.807) is 29.2 Å². The molecule has 44 heavy (non-hydrogen) atoms. The molecule has 2 aliphatic heterocycles. The van der Waals surface area contributed by atoms with E-state index in [0.717, 1.165) is 31.4 Å². The van der Waals surface area contributed by atoms with Gasteiger partial charge < -0.3 is 26.4 Å². The van der Waals surface area contributed by atoms with Crippen LogP contribution in [0, 0.1) is 5.41 Å². The predicted octanol–water partition coefficient (Wildman–Crippen LogP) is 4.02. The zero-order valence-corrected chi connectivity index (χ0v) is 25.5. The van der Waals surface area contributed by atoms with Crippen LogP contribution >= 0.6 is 0 Å². The average molecular weight is 600 g/mol. The third kappa shape index (κ3) is 6.52. The van der Waals surface area contributed by atoms with Gasteiger partial charge in [0.1, 0.15) is 0 Å². The number of carboxylic acid groups (broad SMARTS) is 1. The van der Waals surface area contributed by atoms with Gasteiger partial charge in [0.2, 0.25) is 0 Å². The summed E-state index contributed by atoms with van der Waals surface area (Å²) in [6.45, 7) is 9.21. The van der Waals surface area contributed by atoms with Crippen LogP contribution in [0.3, 0.4) is 0 Å². The number of nitrogens with zero attached hydrogens (tertiary/aromatic N) is 4. The number of benzene rings is 2. The van der Waals surface area contributed by atoms with Crippen molar-refractivity contribution >= 4 is 23.7 Å². The molecule has 3 aromatic rings. The van der Waals surface area contributed by atoms with Crippen molar-refractivity contribution in [2.75, 3.05) is 31.9 Å². The summed E-state index contributed by atoms with van der Waals surface area (Å²) in [4.78, 5) is 50.9. The van der Waals surface area contributed by atoms with Gasteiger partial charge in [0.05, 0.1) is 17.4 Å². The van der Waals surface area contributed by atoms with Crippen molar-refractivity contribution in [3.05, 3.63) is 77.6 Å². The number of anilines is 1. The molecule has 2 saturated heterocycles. The van der Waals surface area contributed by atoms with Crippen molar-refractivity contribution in [1.29, 1.82) is 0 Å². The number of carbonyl (C=O) groups is 3. The minimum atomic E-state index is -0.881. The summed E-state index contributed by atoms with van der Waals surface area (Å²) >= 11 is 0. The number of nitrogens with two attached hydrogens (primary N) is 1. The van der Waals surface area contributed by atoms with E-state index >= 15 is 0 Å². The van der Waals surface area contributed by atoms with Crippen molar-refractivity contribution in [2.24, 2.45) is 5.41 Å². The molecule has 0 unspecified atom stereocenters. The molecule has 2 aromatic carbocycles. The molecular formula is C33H41N7O4. The Morgan fingerprint density at radius 2 is 1.84 bits per heavy atom. The van der Waals surface area contributed by atoms with Gasteiger partial charge in [-0.05, 0) is 42.4 Å². The fraction of sp³-hybridized carbons (Fsp3) is 0.424. The summed E-state index contributed by atoms with van der Waals surface area (Å²) in [5.41, 5.74) is 7.91. The summed E-state index contributed by atoms with van der Waals surface area (Å²) < 4.78 is 0. The van der Waals surface area contributed by atoms with E-state index in [4.69, 9.17) is 5.73 Å². The van der Waals surface area contributed by atoms with Crippen LogP contribution in [0.2, 0.25) is 0 Å². The largest absolute Gasteiger partial charge is 0.465 e. The molecule has 3 amide bonds. The van der Waals surface area contributed by atoms with Gasteiger partial charge in [0, 0.05) is 49.9 Å². The predicted molar refractivity (Wildman–Crippen MR) is 168 cm³/mol. The topological polar surface area (TPSA) is 154 Å². The Morgan fingerprint density at radius 3 is 2.57 bits per heavy atom. The highest BCUT2D eigenvalue weighted by atomic mass is 16.4. The van der Waals surface area contributed by atoms with E-state index in [1.165, 1.54) is 6.20 Å². The van der Waals surface area contributed by atoms with Gasteiger partial charge in [-0.15, -0.1) is 0 Å². The SMILES string of the molecule is CC(C)(C)[C@@]1(CN2CC[C@H](NC(=O)c3nc(-c4cccc(C(=O)NCc5ccccc5)c4)cnc3N)C2)CCCN1C(=O)O. The molecule has 2 aliphatic rings. The first-order valence-corrected chi connectivity index (χ1v) is 15.1. The van der Waals surface area contributed by atoms with Crippen LogP contribution in [0.25, 0.3) is 11.3 Å². The molecule has 0 saturated carbocycles. The minimum Gasteiger partial charge on any atom is -0.465 e. The monoisotopic (exact) mass is 599 g/mol. The maximum absolute atomic E-state index is 13.4. The van der Waals surface area contributed by atoms with Gasteiger partial charge in [-0.25, -0.2) is 14.8 Å². The quantitative estimate of drug-likeness (QED) is 0.303. The van der Waals surface area contributed by atoms with Crippen molar-refractivity contribution in [1.82, 2.24) is 30.4 Å². The lowest BCUT2D eigenvalue weighted by atomic mass is 9.71. The molecule has 2 fully saturated rings. The fourth-order valence-corrected chi connectivity index (χ4v) is 6.46. The molecule has 3 heterocycles. The van der Waals surface area contributed by atoms with Gasteiger partial charge in [0.25, 0.3) is 11.8 Å². The van der Waals surface area contributed by atoms with Crippen LogP contribution in [-0.4, -0.2) is 80.5 Å². The molecule has 0 spiro atoms. The highest BCUT2D eigenvalue weighted by Gasteiger charge is 2.53. The number of amides is 3. The fourth-order valence-electron chi connectivity index (χ4n) is 6.46. The number of hydrogen-bond donors (Lipinski definition) is 4. The van der Waals surface area contributed by atoms with E-state index in [9.17, 15) is 19.5 Å². The van der Waals surface area contributed by atoms with Crippen molar-refractivity contribution < 1.29 is 19.5 Å². The summed E-state index contributed by atoms with van der Waals surface area (Å²) in [6, 6.07) is 16.5. The third-order valence-corrected chi connectivity index (χ3v) is 8.94. The standard InChI is InChI=1S/C33H41N7O4/c1-32(2,3)33(14-8-15-40(33)31(43)44)21-39-16-13-25(20-39)37-30(42)27-28(34)35-19-26(38-27)23-11-7-12-24(17-23)29(41)36-18-22-9-5-4-6-10-22/h4-7,9-12,17,19,25H,8,13-16,18,20-21H2,1-3H3,(H2,34,35)(H,36,41)(H,37,42)(H,43,44)/t25-,33-/m0/s1. The Kier molecular flexibility index (Phi) is 8.87. The Labute approximate surface area is 257 Å². The minimum absolute atomic E-state index is 0.0209. The smallest absolute Gasteiger partial charge is 0.407 e. The highest BCUT2D eigenvalue weighted by molar-refractivity contribution is 5.97. The van der Waals surface area contributed by atoms with Gasteiger partial charge in [-0.1, -0.05) is 63.2 Å². The Bertz CT molecular complexity index is 1520. The van der Waals surface area contributed by atoms with E-state index < -0.39 is 17.5 Å². The summed E-state index contributed by atoms with van der Waals surface area (Å²) in [5, 5.41) is 15.9. The van der Waals surface area contributed by atoms with E-state index in [-0.39, 0.29) is 28.9 Å². The summed E-state index contributed by atoms with van der Waals surface area (Å²) in [6.07, 6.45) is 2.99. The third-order valence-electron chi connectivity index (χ3n) is 8.94. The number of rotatable bonds is 8. The molecular weight excluding hydrogens is 558 g/mol. The lowest BCUT2D eigenvalue weighted by Gasteiger charge is -2.49. The van der Waals surface area contributed by atoms with Crippen LogP contribution in [0.1, 0.15) is 66.4 Å². The molecule has 5 N–H and O–H groups in total. The average Bonchev–Trinajstić information content (AvgIpc) is 3.64. The first-order chi connectivity index (χ1) is 21.0. The number of carbonyl (C=O) groups excluding carboxylic acids is 2. The Morgan fingerprint density at radius 1 is 1.07 bits per heavy atom. The lowest BCUT2D eigenvalue weighted by Crippen LogP contribution is -2.61. The molecule has 0 bridgehead atoms. The second-order valence-corrected chi connectivity index (χ2v) is 12.8. The van der Waals surface area contributed by atoms with Crippen LogP contribution in [-0.2, 0) is 6.54 Å². The van der Waals surface area contributed by atoms with Crippen LogP contribution in [0.15, 0.2) is 60.8 Å². The second kappa shape index (κ2) is 12.6. The van der Waals surface area contributed by atoms with Crippen molar-refractivity contribution in [2.45, 2.75) is 58.2 Å². The van der Waals surface area contributed by atoms with E-state index in [2.05, 4.69) is 46.3 Å². The summed E-state index contributed by atoms with van der Waals surface area (Å²) in [5.74, 6) is -0.619.